The molecule has 0 unspecified atom stereocenters. The van der Waals surface area contributed by atoms with Crippen molar-refractivity contribution in [3.05, 3.63) is 58.6 Å². The summed E-state index contributed by atoms with van der Waals surface area (Å²) < 4.78 is 52.3. The molecule has 1 aliphatic rings. The van der Waals surface area contributed by atoms with Crippen LogP contribution in [0.3, 0.4) is 0 Å². The molecule has 1 saturated heterocycles. The highest BCUT2D eigenvalue weighted by Gasteiger charge is 2.31. The zero-order valence-corrected chi connectivity index (χ0v) is 19.8. The molecule has 1 aliphatic heterocycles. The SMILES string of the molecule is Cc1ccc(C)c(S(=O)(=O)N2CCN(C(=O)CCS(=O)(=O)c3ccc(Cl)cc3)CC2)c1. The van der Waals surface area contributed by atoms with Crippen molar-refractivity contribution in [1.29, 1.82) is 0 Å². The lowest BCUT2D eigenvalue weighted by atomic mass is 10.2. The molecule has 0 spiro atoms. The Morgan fingerprint density at radius 1 is 0.935 bits per heavy atom. The van der Waals surface area contributed by atoms with E-state index < -0.39 is 19.9 Å². The van der Waals surface area contributed by atoms with Gasteiger partial charge >= 0.3 is 0 Å². The minimum Gasteiger partial charge on any atom is -0.340 e. The van der Waals surface area contributed by atoms with Crippen LogP contribution in [0.2, 0.25) is 5.02 Å². The van der Waals surface area contributed by atoms with E-state index >= 15 is 0 Å². The van der Waals surface area contributed by atoms with Gasteiger partial charge in [0, 0.05) is 37.6 Å². The number of hydrogen-bond acceptors (Lipinski definition) is 5. The van der Waals surface area contributed by atoms with E-state index in [0.717, 1.165) is 5.56 Å². The van der Waals surface area contributed by atoms with Gasteiger partial charge < -0.3 is 4.90 Å². The molecular formula is C21H25ClN2O5S2. The number of sulfonamides is 1. The number of aryl methyl sites for hydroxylation is 2. The lowest BCUT2D eigenvalue weighted by Crippen LogP contribution is -2.50. The summed E-state index contributed by atoms with van der Waals surface area (Å²) in [6.45, 7) is 4.39. The highest BCUT2D eigenvalue weighted by atomic mass is 35.5. The minimum atomic E-state index is -3.65. The van der Waals surface area contributed by atoms with Crippen LogP contribution in [0.5, 0.6) is 0 Å². The molecule has 0 aliphatic carbocycles. The summed E-state index contributed by atoms with van der Waals surface area (Å²) in [7, 11) is -7.25. The van der Waals surface area contributed by atoms with Crippen molar-refractivity contribution in [1.82, 2.24) is 9.21 Å². The summed E-state index contributed by atoms with van der Waals surface area (Å²) in [4.78, 5) is 14.4. The normalized spacial score (nSPS) is 15.8. The maximum absolute atomic E-state index is 13.0. The lowest BCUT2D eigenvalue weighted by Gasteiger charge is -2.34. The monoisotopic (exact) mass is 484 g/mol. The average molecular weight is 485 g/mol. The van der Waals surface area contributed by atoms with Gasteiger partial charge in [0.05, 0.1) is 15.5 Å². The number of carbonyl (C=O) groups excluding carboxylic acids is 1. The molecule has 0 aromatic heterocycles. The predicted molar refractivity (Wildman–Crippen MR) is 119 cm³/mol. The van der Waals surface area contributed by atoms with Crippen molar-refractivity contribution in [3.8, 4) is 0 Å². The van der Waals surface area contributed by atoms with E-state index in [1.165, 1.54) is 33.5 Å². The van der Waals surface area contributed by atoms with Gasteiger partial charge in [-0.2, -0.15) is 4.31 Å². The molecule has 1 heterocycles. The van der Waals surface area contributed by atoms with Gasteiger partial charge in [-0.25, -0.2) is 16.8 Å². The zero-order chi connectivity index (χ0) is 22.8. The van der Waals surface area contributed by atoms with Crippen molar-refractivity contribution in [2.24, 2.45) is 0 Å². The third-order valence-corrected chi connectivity index (χ3v) is 9.33. The number of nitrogens with zero attached hydrogens (tertiary/aromatic N) is 2. The van der Waals surface area contributed by atoms with E-state index in [4.69, 9.17) is 11.6 Å². The molecule has 0 N–H and O–H groups in total. The van der Waals surface area contributed by atoms with Crippen molar-refractivity contribution in [2.75, 3.05) is 31.9 Å². The number of sulfone groups is 1. The highest BCUT2D eigenvalue weighted by molar-refractivity contribution is 7.91. The van der Waals surface area contributed by atoms with E-state index in [2.05, 4.69) is 0 Å². The number of amides is 1. The third kappa shape index (κ3) is 5.46. The van der Waals surface area contributed by atoms with Crippen LogP contribution >= 0.6 is 11.6 Å². The topological polar surface area (TPSA) is 91.8 Å². The molecule has 1 fully saturated rings. The molecule has 168 valence electrons. The van der Waals surface area contributed by atoms with Crippen molar-refractivity contribution in [2.45, 2.75) is 30.1 Å². The first-order chi connectivity index (χ1) is 14.5. The highest BCUT2D eigenvalue weighted by Crippen LogP contribution is 2.23. The molecule has 0 saturated carbocycles. The van der Waals surface area contributed by atoms with Crippen LogP contribution in [-0.4, -0.2) is 63.9 Å². The summed E-state index contributed by atoms with van der Waals surface area (Å²) in [6, 6.07) is 11.1. The van der Waals surface area contributed by atoms with Crippen LogP contribution in [0.15, 0.2) is 52.3 Å². The first-order valence-electron chi connectivity index (χ1n) is 9.84. The summed E-state index contributed by atoms with van der Waals surface area (Å²) in [5.74, 6) is -0.615. The summed E-state index contributed by atoms with van der Waals surface area (Å²) >= 11 is 5.79. The Balaban J connectivity index is 1.59. The lowest BCUT2D eigenvalue weighted by molar-refractivity contribution is -0.131. The Kier molecular flexibility index (Phi) is 7.10. The van der Waals surface area contributed by atoms with Gasteiger partial charge in [-0.1, -0.05) is 23.7 Å². The van der Waals surface area contributed by atoms with Crippen LogP contribution < -0.4 is 0 Å². The fraction of sp³-hybridized carbons (Fsp3) is 0.381. The first kappa shape index (κ1) is 23.7. The van der Waals surface area contributed by atoms with E-state index in [1.807, 2.05) is 13.0 Å². The Morgan fingerprint density at radius 2 is 1.55 bits per heavy atom. The van der Waals surface area contributed by atoms with Crippen LogP contribution in [0.25, 0.3) is 0 Å². The molecule has 31 heavy (non-hydrogen) atoms. The summed E-state index contributed by atoms with van der Waals surface area (Å²) in [6.07, 6.45) is -0.158. The first-order valence-corrected chi connectivity index (χ1v) is 13.3. The number of carbonyl (C=O) groups is 1. The Bertz CT molecular complexity index is 1170. The smallest absolute Gasteiger partial charge is 0.243 e. The Morgan fingerprint density at radius 3 is 2.16 bits per heavy atom. The molecule has 0 bridgehead atoms. The van der Waals surface area contributed by atoms with E-state index in [9.17, 15) is 21.6 Å². The van der Waals surface area contributed by atoms with Crippen LogP contribution in [-0.2, 0) is 24.7 Å². The number of hydrogen-bond donors (Lipinski definition) is 0. The molecule has 2 aromatic rings. The molecule has 3 rings (SSSR count). The number of rotatable bonds is 6. The van der Waals surface area contributed by atoms with E-state index in [1.54, 1.807) is 19.1 Å². The van der Waals surface area contributed by atoms with Gasteiger partial charge in [0.25, 0.3) is 0 Å². The number of benzene rings is 2. The van der Waals surface area contributed by atoms with Crippen molar-refractivity contribution < 1.29 is 21.6 Å². The standard InChI is InChI=1S/C21H25ClN2O5S2/c1-16-3-4-17(2)20(15-16)31(28,29)24-12-10-23(11-13-24)21(25)9-14-30(26,27)19-7-5-18(22)6-8-19/h3-8,15H,9-14H2,1-2H3. The van der Waals surface area contributed by atoms with Crippen molar-refractivity contribution in [3.63, 3.8) is 0 Å². The summed E-state index contributed by atoms with van der Waals surface area (Å²) in [5.41, 5.74) is 1.54. The maximum Gasteiger partial charge on any atom is 0.243 e. The van der Waals surface area contributed by atoms with Crippen LogP contribution in [0, 0.1) is 13.8 Å². The average Bonchev–Trinajstić information content (AvgIpc) is 2.74. The van der Waals surface area contributed by atoms with Crippen LogP contribution in [0.4, 0.5) is 0 Å². The largest absolute Gasteiger partial charge is 0.340 e. The second-order valence-electron chi connectivity index (χ2n) is 7.58. The van der Waals surface area contributed by atoms with Gasteiger partial charge in [-0.3, -0.25) is 4.79 Å². The number of piperazine rings is 1. The van der Waals surface area contributed by atoms with Gasteiger partial charge in [0.1, 0.15) is 0 Å². The predicted octanol–water partition coefficient (Wildman–Crippen LogP) is 2.65. The zero-order valence-electron chi connectivity index (χ0n) is 17.4. The molecule has 1 amide bonds. The van der Waals surface area contributed by atoms with E-state index in [0.29, 0.717) is 10.6 Å². The molecule has 10 heteroatoms. The van der Waals surface area contributed by atoms with Gasteiger partial charge in [0.15, 0.2) is 9.84 Å². The van der Waals surface area contributed by atoms with E-state index in [-0.39, 0.29) is 54.1 Å². The van der Waals surface area contributed by atoms with Crippen LogP contribution in [0.1, 0.15) is 17.5 Å². The Labute approximate surface area is 188 Å². The molecule has 7 nitrogen and oxygen atoms in total. The second-order valence-corrected chi connectivity index (χ2v) is 12.0. The number of halogens is 1. The maximum atomic E-state index is 13.0. The molecule has 0 radical (unpaired) electrons. The second kappa shape index (κ2) is 9.28. The molecule has 2 aromatic carbocycles. The fourth-order valence-electron chi connectivity index (χ4n) is 3.44. The van der Waals surface area contributed by atoms with Crippen molar-refractivity contribution >= 4 is 37.4 Å². The third-order valence-electron chi connectivity index (χ3n) is 5.31. The van der Waals surface area contributed by atoms with Gasteiger partial charge in [-0.15, -0.1) is 0 Å². The quantitative estimate of drug-likeness (QED) is 0.628. The Hall–Kier alpha value is -1.94. The minimum absolute atomic E-state index is 0.120. The van der Waals surface area contributed by atoms with Gasteiger partial charge in [0.2, 0.25) is 15.9 Å². The summed E-state index contributed by atoms with van der Waals surface area (Å²) in [5, 5.41) is 0.434. The molecule has 0 atom stereocenters. The molecular weight excluding hydrogens is 460 g/mol. The fourth-order valence-corrected chi connectivity index (χ4v) is 6.53. The van der Waals surface area contributed by atoms with Gasteiger partial charge in [-0.05, 0) is 55.3 Å².